The molecule has 4 aromatic rings. The van der Waals surface area contributed by atoms with Gasteiger partial charge in [-0.2, -0.15) is 5.09 Å². The van der Waals surface area contributed by atoms with Crippen LogP contribution < -0.4 is 14.5 Å². The molecule has 2 aromatic carbocycles. The Morgan fingerprint density at radius 2 is 1.91 bits per heavy atom. The van der Waals surface area contributed by atoms with Gasteiger partial charge in [-0.05, 0) is 46.1 Å². The molecule has 13 nitrogen and oxygen atoms in total. The third kappa shape index (κ3) is 6.66. The molecule has 0 spiro atoms. The average molecular weight is 645 g/mol. The molecule has 0 saturated carbocycles. The molecule has 0 amide bonds. The second-order valence-corrected chi connectivity index (χ2v) is 13.3. The molecule has 1 unspecified atom stereocenters. The van der Waals surface area contributed by atoms with Crippen LogP contribution >= 0.6 is 7.75 Å². The molecule has 2 N–H and O–H groups in total. The van der Waals surface area contributed by atoms with Crippen LogP contribution in [0.1, 0.15) is 39.7 Å². The van der Waals surface area contributed by atoms with Crippen molar-refractivity contribution in [3.8, 4) is 5.75 Å². The van der Waals surface area contributed by atoms with Gasteiger partial charge >= 0.3 is 13.7 Å². The SMILES string of the molecule is Cc1nc(N(C)C)c2ncn([C@@H]3O[C@H](COP(=O)(N[C@H](C)C(=O)OC(C)C)Oc4cccc5ccccc45)[C@@H](O)[C@@]3(C)F)c2n1. The zero-order valence-electron chi connectivity index (χ0n) is 26.2. The number of nitrogens with zero attached hydrogens (tertiary/aromatic N) is 5. The standard InChI is InChI=1S/C30H38FN6O7P/c1-17(2)42-28(39)18(3)35-45(40,44-22-14-10-12-20-11-8-9-13-21(20)22)41-15-23-25(38)30(5,31)29(43-23)37-16-32-24-26(36(6)7)33-19(4)34-27(24)37/h8-14,16-18,23,25,29,38H,15H2,1-7H3,(H,35,40)/t18-,23-,25-,29-,30-,45?/m1/s1. The smallest absolute Gasteiger partial charge is 0.459 e. The quantitative estimate of drug-likeness (QED) is 0.175. The second kappa shape index (κ2) is 12.6. The number of carbonyl (C=O) groups is 1. The number of fused-ring (bicyclic) bond motifs is 2. The monoisotopic (exact) mass is 644 g/mol. The molecular weight excluding hydrogens is 606 g/mol. The Morgan fingerprint density at radius 3 is 2.62 bits per heavy atom. The van der Waals surface area contributed by atoms with Crippen molar-refractivity contribution in [3.63, 3.8) is 0 Å². The maximum absolute atomic E-state index is 16.2. The van der Waals surface area contributed by atoms with Crippen molar-refractivity contribution in [2.45, 2.75) is 70.9 Å². The van der Waals surface area contributed by atoms with Crippen molar-refractivity contribution in [2.75, 3.05) is 25.6 Å². The molecule has 2 aromatic heterocycles. The minimum absolute atomic E-state index is 0.228. The summed E-state index contributed by atoms with van der Waals surface area (Å²) < 4.78 is 54.9. The molecule has 0 aliphatic carbocycles. The van der Waals surface area contributed by atoms with Gasteiger partial charge in [0.15, 0.2) is 28.9 Å². The van der Waals surface area contributed by atoms with E-state index < -0.39 is 56.6 Å². The van der Waals surface area contributed by atoms with Gasteiger partial charge in [0.25, 0.3) is 0 Å². The summed E-state index contributed by atoms with van der Waals surface area (Å²) in [7, 11) is -0.764. The van der Waals surface area contributed by atoms with E-state index in [4.69, 9.17) is 18.5 Å². The Balaban J connectivity index is 1.42. The van der Waals surface area contributed by atoms with Crippen molar-refractivity contribution in [1.82, 2.24) is 24.6 Å². The molecule has 3 heterocycles. The second-order valence-electron chi connectivity index (χ2n) is 11.6. The number of alkyl halides is 1. The average Bonchev–Trinajstić information content (AvgIpc) is 3.48. The molecule has 1 aliphatic heterocycles. The third-order valence-corrected chi connectivity index (χ3v) is 8.97. The molecule has 15 heteroatoms. The van der Waals surface area contributed by atoms with Gasteiger partial charge in [0, 0.05) is 19.5 Å². The molecule has 1 fully saturated rings. The summed E-state index contributed by atoms with van der Waals surface area (Å²) in [6, 6.07) is 11.4. The largest absolute Gasteiger partial charge is 0.462 e. The zero-order valence-corrected chi connectivity index (χ0v) is 27.1. The third-order valence-electron chi connectivity index (χ3n) is 7.34. The number of nitrogens with one attached hydrogen (secondary N) is 1. The molecule has 45 heavy (non-hydrogen) atoms. The molecule has 1 aliphatic rings. The highest BCUT2D eigenvalue weighted by atomic mass is 31.2. The van der Waals surface area contributed by atoms with Gasteiger partial charge in [-0.1, -0.05) is 36.4 Å². The Bertz CT molecular complexity index is 1740. The number of benzene rings is 2. The Hall–Kier alpha value is -3.68. The number of halogens is 1. The molecule has 5 rings (SSSR count). The lowest BCUT2D eigenvalue weighted by molar-refractivity contribution is -0.149. The van der Waals surface area contributed by atoms with E-state index in [1.165, 1.54) is 24.7 Å². The lowest BCUT2D eigenvalue weighted by Gasteiger charge is -2.26. The first-order valence-corrected chi connectivity index (χ1v) is 16.1. The van der Waals surface area contributed by atoms with Crippen LogP contribution in [0.4, 0.5) is 10.2 Å². The van der Waals surface area contributed by atoms with E-state index in [1.54, 1.807) is 64.0 Å². The van der Waals surface area contributed by atoms with Gasteiger partial charge in [-0.25, -0.2) is 23.9 Å². The van der Waals surface area contributed by atoms with E-state index in [1.807, 2.05) is 18.2 Å². The highest BCUT2D eigenvalue weighted by Crippen LogP contribution is 2.49. The van der Waals surface area contributed by atoms with E-state index in [0.29, 0.717) is 28.2 Å². The van der Waals surface area contributed by atoms with Crippen LogP contribution in [0.25, 0.3) is 21.9 Å². The van der Waals surface area contributed by atoms with Gasteiger partial charge in [-0.15, -0.1) is 0 Å². The summed E-state index contributed by atoms with van der Waals surface area (Å²) in [4.78, 5) is 27.6. The first kappa shape index (κ1) is 32.7. The normalized spacial score (nSPS) is 23.7. The van der Waals surface area contributed by atoms with Crippen LogP contribution in [-0.2, 0) is 23.4 Å². The summed E-state index contributed by atoms with van der Waals surface area (Å²) in [5, 5.41) is 15.2. The van der Waals surface area contributed by atoms with Gasteiger partial charge in [0.05, 0.1) is 19.0 Å². The number of esters is 1. The minimum atomic E-state index is -4.37. The van der Waals surface area contributed by atoms with E-state index in [-0.39, 0.29) is 5.75 Å². The molecule has 0 radical (unpaired) electrons. The van der Waals surface area contributed by atoms with E-state index in [0.717, 1.165) is 5.39 Å². The van der Waals surface area contributed by atoms with Crippen molar-refractivity contribution < 1.29 is 37.4 Å². The van der Waals surface area contributed by atoms with Crippen molar-refractivity contribution in [3.05, 3.63) is 54.6 Å². The number of aromatic nitrogens is 4. The predicted molar refractivity (Wildman–Crippen MR) is 166 cm³/mol. The number of imidazole rings is 1. The van der Waals surface area contributed by atoms with Crippen LogP contribution in [-0.4, -0.2) is 81.3 Å². The summed E-state index contributed by atoms with van der Waals surface area (Å²) >= 11 is 0. The highest BCUT2D eigenvalue weighted by Gasteiger charge is 2.56. The van der Waals surface area contributed by atoms with Gasteiger partial charge in [0.2, 0.25) is 0 Å². The van der Waals surface area contributed by atoms with Crippen LogP contribution in [0.5, 0.6) is 5.75 Å². The van der Waals surface area contributed by atoms with Gasteiger partial charge < -0.3 is 24.0 Å². The lowest BCUT2D eigenvalue weighted by Crippen LogP contribution is -2.41. The first-order chi connectivity index (χ1) is 21.2. The zero-order chi connectivity index (χ0) is 32.7. The first-order valence-electron chi connectivity index (χ1n) is 14.5. The molecular formula is C30H38FN6O7P. The highest BCUT2D eigenvalue weighted by molar-refractivity contribution is 7.52. The number of hydrogen-bond donors (Lipinski definition) is 2. The summed E-state index contributed by atoms with van der Waals surface area (Å²) in [6.07, 6.45) is -3.39. The predicted octanol–water partition coefficient (Wildman–Crippen LogP) is 4.47. The van der Waals surface area contributed by atoms with Gasteiger partial charge in [-0.3, -0.25) is 13.9 Å². The number of anilines is 1. The maximum atomic E-state index is 16.2. The lowest BCUT2D eigenvalue weighted by atomic mass is 9.98. The molecule has 6 atom stereocenters. The molecule has 242 valence electrons. The number of rotatable bonds is 11. The van der Waals surface area contributed by atoms with Gasteiger partial charge in [0.1, 0.15) is 29.8 Å². The van der Waals surface area contributed by atoms with Crippen molar-refractivity contribution >= 4 is 41.5 Å². The molecule has 0 bridgehead atoms. The van der Waals surface area contributed by atoms with Crippen molar-refractivity contribution in [2.24, 2.45) is 0 Å². The van der Waals surface area contributed by atoms with Crippen LogP contribution in [0.2, 0.25) is 0 Å². The van der Waals surface area contributed by atoms with Crippen LogP contribution in [0.15, 0.2) is 48.8 Å². The fourth-order valence-corrected chi connectivity index (χ4v) is 6.65. The minimum Gasteiger partial charge on any atom is -0.462 e. The summed E-state index contributed by atoms with van der Waals surface area (Å²) in [5.74, 6) is 0.531. The van der Waals surface area contributed by atoms with E-state index >= 15 is 4.39 Å². The van der Waals surface area contributed by atoms with E-state index in [2.05, 4.69) is 20.0 Å². The fourth-order valence-electron chi connectivity index (χ4n) is 5.13. The topological polar surface area (TPSA) is 150 Å². The fraction of sp³-hybridized carbons (Fsp3) is 0.467. The number of aryl methyl sites for hydroxylation is 1. The Kier molecular flexibility index (Phi) is 9.16. The molecule has 1 saturated heterocycles. The summed E-state index contributed by atoms with van der Waals surface area (Å²) in [5.41, 5.74) is -1.59. The Labute approximate surface area is 260 Å². The summed E-state index contributed by atoms with van der Waals surface area (Å²) in [6.45, 7) is 7.19. The number of hydrogen-bond acceptors (Lipinski definition) is 11. The number of carbonyl (C=O) groups excluding carboxylic acids is 1. The van der Waals surface area contributed by atoms with Crippen LogP contribution in [0.3, 0.4) is 0 Å². The maximum Gasteiger partial charge on any atom is 0.459 e. The van der Waals surface area contributed by atoms with Crippen molar-refractivity contribution in [1.29, 1.82) is 0 Å². The number of aliphatic hydroxyl groups excluding tert-OH is 1. The Morgan fingerprint density at radius 1 is 1.20 bits per heavy atom. The van der Waals surface area contributed by atoms with Crippen LogP contribution in [0, 0.1) is 6.92 Å². The number of aliphatic hydroxyl groups is 1. The van der Waals surface area contributed by atoms with E-state index in [9.17, 15) is 14.5 Å². The number of ether oxygens (including phenoxy) is 2.